The zero-order valence-electron chi connectivity index (χ0n) is 14.3. The first-order valence-corrected chi connectivity index (χ1v) is 7.37. The third kappa shape index (κ3) is 4.92. The van der Waals surface area contributed by atoms with Crippen LogP contribution in [0.4, 0.5) is 0 Å². The molecule has 2 heterocycles. The molecule has 0 atom stereocenters. The van der Waals surface area contributed by atoms with Crippen LogP contribution in [0.15, 0.2) is 23.3 Å². The maximum Gasteiger partial charge on any atom is 0.191 e. The lowest BCUT2D eigenvalue weighted by molar-refractivity contribution is 0.728. The Morgan fingerprint density at radius 3 is 2.48 bits per heavy atom. The lowest BCUT2D eigenvalue weighted by atomic mass is 10.2. The number of halogens is 1. The second kappa shape index (κ2) is 8.85. The number of rotatable bonds is 4. The summed E-state index contributed by atoms with van der Waals surface area (Å²) in [6.07, 6.45) is 1.81. The molecule has 0 fully saturated rings. The fraction of sp³-hybridized carbons (Fsp3) is 0.438. The number of aromatic nitrogens is 3. The summed E-state index contributed by atoms with van der Waals surface area (Å²) in [5.74, 6) is 0.757. The maximum absolute atomic E-state index is 4.43. The van der Waals surface area contributed by atoms with Crippen LogP contribution < -0.4 is 10.6 Å². The van der Waals surface area contributed by atoms with Gasteiger partial charge in [0.1, 0.15) is 0 Å². The number of nitrogens with one attached hydrogen (secondary N) is 2. The summed E-state index contributed by atoms with van der Waals surface area (Å²) in [5, 5.41) is 11.0. The molecule has 6 nitrogen and oxygen atoms in total. The van der Waals surface area contributed by atoms with Gasteiger partial charge < -0.3 is 10.6 Å². The summed E-state index contributed by atoms with van der Waals surface area (Å²) < 4.78 is 1.90. The smallest absolute Gasteiger partial charge is 0.191 e. The first-order chi connectivity index (χ1) is 10.5. The molecule has 0 spiro atoms. The van der Waals surface area contributed by atoms with Crippen LogP contribution in [-0.2, 0) is 20.1 Å². The largest absolute Gasteiger partial charge is 0.352 e. The fourth-order valence-corrected chi connectivity index (χ4v) is 2.34. The standard InChI is InChI=1S/C16H24N6.HI/c1-11-7-6-8-18-15(11)10-20-16(17-4)19-9-14-12(2)21-22(5)13(14)3;/h6-8H,9-10H2,1-5H3,(H2,17,19,20);1H. The van der Waals surface area contributed by atoms with Gasteiger partial charge in [-0.3, -0.25) is 14.7 Å². The van der Waals surface area contributed by atoms with Gasteiger partial charge in [-0.2, -0.15) is 5.10 Å². The van der Waals surface area contributed by atoms with E-state index >= 15 is 0 Å². The Kier molecular flexibility index (Phi) is 7.47. The number of hydrogen-bond donors (Lipinski definition) is 2. The molecule has 0 amide bonds. The number of aliphatic imine (C=N–C) groups is 1. The van der Waals surface area contributed by atoms with Gasteiger partial charge in [0.2, 0.25) is 0 Å². The van der Waals surface area contributed by atoms with Gasteiger partial charge in [0, 0.05) is 38.1 Å². The van der Waals surface area contributed by atoms with E-state index in [-0.39, 0.29) is 24.0 Å². The van der Waals surface area contributed by atoms with E-state index in [0.717, 1.165) is 17.3 Å². The van der Waals surface area contributed by atoms with Crippen LogP contribution in [0.25, 0.3) is 0 Å². The summed E-state index contributed by atoms with van der Waals surface area (Å²) in [4.78, 5) is 8.63. The molecule has 0 unspecified atom stereocenters. The van der Waals surface area contributed by atoms with E-state index in [0.29, 0.717) is 13.1 Å². The molecule has 0 saturated carbocycles. The highest BCUT2D eigenvalue weighted by Crippen LogP contribution is 2.11. The third-order valence-electron chi connectivity index (χ3n) is 3.86. The number of guanidine groups is 1. The minimum Gasteiger partial charge on any atom is -0.352 e. The predicted molar refractivity (Wildman–Crippen MR) is 104 cm³/mol. The number of hydrogen-bond acceptors (Lipinski definition) is 3. The van der Waals surface area contributed by atoms with Crippen molar-refractivity contribution in [3.8, 4) is 0 Å². The van der Waals surface area contributed by atoms with Gasteiger partial charge in [-0.15, -0.1) is 24.0 Å². The Bertz CT molecular complexity index is 677. The van der Waals surface area contributed by atoms with Crippen molar-refractivity contribution in [3.05, 3.63) is 46.5 Å². The van der Waals surface area contributed by atoms with Crippen LogP contribution in [-0.4, -0.2) is 27.8 Å². The summed E-state index contributed by atoms with van der Waals surface area (Å²) in [7, 11) is 3.73. The predicted octanol–water partition coefficient (Wildman–Crippen LogP) is 2.22. The number of pyridine rings is 1. The van der Waals surface area contributed by atoms with E-state index in [4.69, 9.17) is 0 Å². The van der Waals surface area contributed by atoms with Crippen molar-refractivity contribution >= 4 is 29.9 Å². The van der Waals surface area contributed by atoms with Gasteiger partial charge >= 0.3 is 0 Å². The van der Waals surface area contributed by atoms with E-state index < -0.39 is 0 Å². The summed E-state index contributed by atoms with van der Waals surface area (Å²) in [5.41, 5.74) is 5.62. The Balaban J connectivity index is 0.00000264. The molecule has 126 valence electrons. The zero-order chi connectivity index (χ0) is 16.1. The normalized spacial score (nSPS) is 11.1. The van der Waals surface area contributed by atoms with Crippen molar-refractivity contribution in [2.24, 2.45) is 12.0 Å². The minimum atomic E-state index is 0. The van der Waals surface area contributed by atoms with Gasteiger partial charge in [0.25, 0.3) is 0 Å². The van der Waals surface area contributed by atoms with Crippen LogP contribution in [0.1, 0.15) is 28.2 Å². The van der Waals surface area contributed by atoms with Gasteiger partial charge in [-0.1, -0.05) is 6.07 Å². The molecule has 0 radical (unpaired) electrons. The number of nitrogens with zero attached hydrogens (tertiary/aromatic N) is 4. The van der Waals surface area contributed by atoms with Crippen LogP contribution in [0.3, 0.4) is 0 Å². The summed E-state index contributed by atoms with van der Waals surface area (Å²) in [6.45, 7) is 7.51. The van der Waals surface area contributed by atoms with Gasteiger partial charge in [0.05, 0.1) is 17.9 Å². The average Bonchev–Trinajstić information content (AvgIpc) is 2.74. The quantitative estimate of drug-likeness (QED) is 0.445. The van der Waals surface area contributed by atoms with Gasteiger partial charge in [0.15, 0.2) is 5.96 Å². The summed E-state index contributed by atoms with van der Waals surface area (Å²) in [6, 6.07) is 4.00. The lowest BCUT2D eigenvalue weighted by Gasteiger charge is -2.12. The molecular weight excluding hydrogens is 403 g/mol. The first-order valence-electron chi connectivity index (χ1n) is 7.37. The number of aryl methyl sites for hydroxylation is 3. The molecule has 0 bridgehead atoms. The monoisotopic (exact) mass is 428 g/mol. The van der Waals surface area contributed by atoms with Gasteiger partial charge in [-0.05, 0) is 32.4 Å². The molecule has 0 aliphatic heterocycles. The Hall–Kier alpha value is -1.64. The van der Waals surface area contributed by atoms with Crippen molar-refractivity contribution in [2.75, 3.05) is 7.05 Å². The van der Waals surface area contributed by atoms with E-state index in [1.54, 1.807) is 7.05 Å². The van der Waals surface area contributed by atoms with Crippen molar-refractivity contribution in [2.45, 2.75) is 33.9 Å². The Labute approximate surface area is 154 Å². The highest BCUT2D eigenvalue weighted by molar-refractivity contribution is 14.0. The minimum absolute atomic E-state index is 0. The van der Waals surface area contributed by atoms with Gasteiger partial charge in [-0.25, -0.2) is 0 Å². The van der Waals surface area contributed by atoms with Crippen molar-refractivity contribution in [3.63, 3.8) is 0 Å². The Morgan fingerprint density at radius 2 is 1.91 bits per heavy atom. The fourth-order valence-electron chi connectivity index (χ4n) is 2.34. The molecule has 0 aliphatic carbocycles. The summed E-state index contributed by atoms with van der Waals surface area (Å²) >= 11 is 0. The molecule has 2 aromatic rings. The zero-order valence-corrected chi connectivity index (χ0v) is 16.7. The second-order valence-corrected chi connectivity index (χ2v) is 5.32. The molecule has 2 aromatic heterocycles. The highest BCUT2D eigenvalue weighted by Gasteiger charge is 2.09. The first kappa shape index (κ1) is 19.4. The lowest BCUT2D eigenvalue weighted by Crippen LogP contribution is -2.36. The molecule has 7 heteroatoms. The van der Waals surface area contributed by atoms with E-state index in [9.17, 15) is 0 Å². The Morgan fingerprint density at radius 1 is 1.22 bits per heavy atom. The topological polar surface area (TPSA) is 67.1 Å². The van der Waals surface area contributed by atoms with Crippen LogP contribution >= 0.6 is 24.0 Å². The maximum atomic E-state index is 4.43. The molecule has 2 rings (SSSR count). The van der Waals surface area contributed by atoms with Crippen molar-refractivity contribution in [1.29, 1.82) is 0 Å². The highest BCUT2D eigenvalue weighted by atomic mass is 127. The molecule has 0 aliphatic rings. The van der Waals surface area contributed by atoms with Crippen molar-refractivity contribution < 1.29 is 0 Å². The molecule has 23 heavy (non-hydrogen) atoms. The van der Waals surface area contributed by atoms with Crippen LogP contribution in [0.5, 0.6) is 0 Å². The average molecular weight is 428 g/mol. The third-order valence-corrected chi connectivity index (χ3v) is 3.86. The van der Waals surface area contributed by atoms with Crippen LogP contribution in [0, 0.1) is 20.8 Å². The van der Waals surface area contributed by atoms with E-state index in [2.05, 4.69) is 45.6 Å². The second-order valence-electron chi connectivity index (χ2n) is 5.32. The molecular formula is C16H25IN6. The molecule has 2 N–H and O–H groups in total. The van der Waals surface area contributed by atoms with E-state index in [1.165, 1.54) is 16.8 Å². The van der Waals surface area contributed by atoms with Crippen LogP contribution in [0.2, 0.25) is 0 Å². The molecule has 0 aromatic carbocycles. The molecule has 0 saturated heterocycles. The van der Waals surface area contributed by atoms with Crippen molar-refractivity contribution in [1.82, 2.24) is 25.4 Å². The SMILES string of the molecule is CN=C(NCc1ncccc1C)NCc1c(C)nn(C)c1C.I. The van der Waals surface area contributed by atoms with E-state index in [1.807, 2.05) is 30.9 Å².